The van der Waals surface area contributed by atoms with E-state index in [0.29, 0.717) is 11.3 Å². The van der Waals surface area contributed by atoms with Gasteiger partial charge in [-0.15, -0.1) is 0 Å². The van der Waals surface area contributed by atoms with E-state index in [0.717, 1.165) is 17.3 Å². The molecule has 1 aromatic heterocycles. The molecule has 1 amide bonds. The molecular weight excluding hydrogens is 340 g/mol. The van der Waals surface area contributed by atoms with Gasteiger partial charge in [0.1, 0.15) is 0 Å². The summed E-state index contributed by atoms with van der Waals surface area (Å²) in [7, 11) is 0. The standard InChI is InChI=1S/C15H12BrClN2O/c16-12-7-13(14(17)18-8-12)19-15(20)11-5-4-9-2-1-3-10(9)6-11/h4-8H,1-3H2,(H,19,20). The van der Waals surface area contributed by atoms with Gasteiger partial charge in [-0.25, -0.2) is 4.98 Å². The van der Waals surface area contributed by atoms with Crippen molar-refractivity contribution in [3.63, 3.8) is 0 Å². The molecule has 5 heteroatoms. The number of carbonyl (C=O) groups is 1. The molecule has 3 rings (SSSR count). The van der Waals surface area contributed by atoms with Crippen molar-refractivity contribution < 1.29 is 4.79 Å². The summed E-state index contributed by atoms with van der Waals surface area (Å²) >= 11 is 9.29. The zero-order valence-corrected chi connectivity index (χ0v) is 13.0. The summed E-state index contributed by atoms with van der Waals surface area (Å²) in [6, 6.07) is 7.61. The van der Waals surface area contributed by atoms with E-state index in [4.69, 9.17) is 11.6 Å². The molecule has 0 radical (unpaired) electrons. The van der Waals surface area contributed by atoms with Crippen LogP contribution in [0.1, 0.15) is 27.9 Å². The fourth-order valence-corrected chi connectivity index (χ4v) is 2.90. The minimum absolute atomic E-state index is 0.165. The number of amides is 1. The molecule has 1 N–H and O–H groups in total. The Kier molecular flexibility index (Phi) is 3.76. The van der Waals surface area contributed by atoms with Crippen LogP contribution in [0.3, 0.4) is 0 Å². The van der Waals surface area contributed by atoms with Crippen LogP contribution in [0.2, 0.25) is 5.15 Å². The summed E-state index contributed by atoms with van der Waals surface area (Å²) in [5, 5.41) is 3.08. The molecule has 2 aromatic rings. The zero-order chi connectivity index (χ0) is 14.1. The molecule has 3 nitrogen and oxygen atoms in total. The lowest BCUT2D eigenvalue weighted by Gasteiger charge is -2.08. The lowest BCUT2D eigenvalue weighted by molar-refractivity contribution is 0.102. The molecule has 0 atom stereocenters. The van der Waals surface area contributed by atoms with Crippen molar-refractivity contribution in [2.45, 2.75) is 19.3 Å². The molecule has 1 heterocycles. The fraction of sp³-hybridized carbons (Fsp3) is 0.200. The van der Waals surface area contributed by atoms with Crippen LogP contribution in [-0.2, 0) is 12.8 Å². The maximum atomic E-state index is 12.3. The number of nitrogens with one attached hydrogen (secondary N) is 1. The molecular formula is C15H12BrClN2O. The number of aryl methyl sites for hydroxylation is 2. The van der Waals surface area contributed by atoms with Gasteiger partial charge in [0.05, 0.1) is 5.69 Å². The van der Waals surface area contributed by atoms with E-state index >= 15 is 0 Å². The minimum atomic E-state index is -0.165. The molecule has 1 aliphatic carbocycles. The first-order chi connectivity index (χ1) is 9.63. The van der Waals surface area contributed by atoms with Crippen LogP contribution in [0.4, 0.5) is 5.69 Å². The normalized spacial score (nSPS) is 13.1. The molecule has 0 aliphatic heterocycles. The minimum Gasteiger partial charge on any atom is -0.319 e. The van der Waals surface area contributed by atoms with Crippen LogP contribution in [-0.4, -0.2) is 10.9 Å². The number of hydrogen-bond donors (Lipinski definition) is 1. The Labute approximate surface area is 130 Å². The predicted molar refractivity (Wildman–Crippen MR) is 83.4 cm³/mol. The Morgan fingerprint density at radius 2 is 2.05 bits per heavy atom. The molecule has 0 saturated carbocycles. The lowest BCUT2D eigenvalue weighted by atomic mass is 10.1. The number of carbonyl (C=O) groups excluding carboxylic acids is 1. The largest absolute Gasteiger partial charge is 0.319 e. The number of aromatic nitrogens is 1. The van der Waals surface area contributed by atoms with Crippen LogP contribution >= 0.6 is 27.5 Å². The third kappa shape index (κ3) is 2.72. The molecule has 0 bridgehead atoms. The first kappa shape index (κ1) is 13.6. The molecule has 0 fully saturated rings. The Morgan fingerprint density at radius 3 is 2.90 bits per heavy atom. The molecule has 0 unspecified atom stereocenters. The highest BCUT2D eigenvalue weighted by Gasteiger charge is 2.15. The quantitative estimate of drug-likeness (QED) is 0.822. The molecule has 20 heavy (non-hydrogen) atoms. The summed E-state index contributed by atoms with van der Waals surface area (Å²) in [4.78, 5) is 16.3. The second-order valence-electron chi connectivity index (χ2n) is 4.78. The first-order valence-corrected chi connectivity index (χ1v) is 7.55. The summed E-state index contributed by atoms with van der Waals surface area (Å²) in [5.41, 5.74) is 3.79. The van der Waals surface area contributed by atoms with E-state index in [1.807, 2.05) is 18.2 Å². The summed E-state index contributed by atoms with van der Waals surface area (Å²) in [6.07, 6.45) is 4.92. The molecule has 1 aromatic carbocycles. The van der Waals surface area contributed by atoms with Gasteiger partial charge in [0.15, 0.2) is 5.15 Å². The van der Waals surface area contributed by atoms with Gasteiger partial charge in [0.2, 0.25) is 0 Å². The number of anilines is 1. The second-order valence-corrected chi connectivity index (χ2v) is 6.06. The van der Waals surface area contributed by atoms with Gasteiger partial charge in [-0.05, 0) is 64.5 Å². The maximum absolute atomic E-state index is 12.3. The first-order valence-electron chi connectivity index (χ1n) is 6.38. The highest BCUT2D eigenvalue weighted by molar-refractivity contribution is 9.10. The summed E-state index contributed by atoms with van der Waals surface area (Å²) < 4.78 is 0.770. The van der Waals surface area contributed by atoms with E-state index in [9.17, 15) is 4.79 Å². The topological polar surface area (TPSA) is 42.0 Å². The molecule has 0 saturated heterocycles. The molecule has 1 aliphatic rings. The maximum Gasteiger partial charge on any atom is 0.255 e. The SMILES string of the molecule is O=C(Nc1cc(Br)cnc1Cl)c1ccc2c(c1)CCC2. The average molecular weight is 352 g/mol. The fourth-order valence-electron chi connectivity index (χ4n) is 2.42. The van der Waals surface area contributed by atoms with Crippen molar-refractivity contribution in [1.29, 1.82) is 0 Å². The third-order valence-corrected chi connectivity index (χ3v) is 4.15. The van der Waals surface area contributed by atoms with Crippen molar-refractivity contribution in [1.82, 2.24) is 4.98 Å². The Hall–Kier alpha value is -1.39. The Bertz CT molecular complexity index is 688. The number of halogens is 2. The van der Waals surface area contributed by atoms with E-state index in [-0.39, 0.29) is 11.1 Å². The number of pyridine rings is 1. The number of rotatable bonds is 2. The van der Waals surface area contributed by atoms with Crippen molar-refractivity contribution in [3.05, 3.63) is 56.8 Å². The van der Waals surface area contributed by atoms with E-state index in [1.165, 1.54) is 17.5 Å². The summed E-state index contributed by atoms with van der Waals surface area (Å²) in [6.45, 7) is 0. The predicted octanol–water partition coefficient (Wildman–Crippen LogP) is 4.24. The number of hydrogen-bond acceptors (Lipinski definition) is 2. The molecule has 102 valence electrons. The van der Waals surface area contributed by atoms with Crippen molar-refractivity contribution in [2.24, 2.45) is 0 Å². The Morgan fingerprint density at radius 1 is 1.25 bits per heavy atom. The van der Waals surface area contributed by atoms with Gasteiger partial charge in [0, 0.05) is 16.2 Å². The zero-order valence-electron chi connectivity index (χ0n) is 10.6. The number of nitrogens with zero attached hydrogens (tertiary/aromatic N) is 1. The van der Waals surface area contributed by atoms with E-state index in [2.05, 4.69) is 26.2 Å². The van der Waals surface area contributed by atoms with Gasteiger partial charge >= 0.3 is 0 Å². The highest BCUT2D eigenvalue weighted by atomic mass is 79.9. The van der Waals surface area contributed by atoms with Gasteiger partial charge in [-0.2, -0.15) is 0 Å². The lowest BCUT2D eigenvalue weighted by Crippen LogP contribution is -2.13. The van der Waals surface area contributed by atoms with Crippen LogP contribution in [0.5, 0.6) is 0 Å². The van der Waals surface area contributed by atoms with Crippen molar-refractivity contribution in [3.8, 4) is 0 Å². The Balaban J connectivity index is 1.84. The van der Waals surface area contributed by atoms with Gasteiger partial charge < -0.3 is 5.32 Å². The van der Waals surface area contributed by atoms with Gasteiger partial charge in [0.25, 0.3) is 5.91 Å². The van der Waals surface area contributed by atoms with Crippen molar-refractivity contribution in [2.75, 3.05) is 5.32 Å². The monoisotopic (exact) mass is 350 g/mol. The van der Waals surface area contributed by atoms with Crippen LogP contribution < -0.4 is 5.32 Å². The smallest absolute Gasteiger partial charge is 0.255 e. The molecule has 0 spiro atoms. The average Bonchev–Trinajstić information content (AvgIpc) is 2.90. The van der Waals surface area contributed by atoms with Crippen LogP contribution in [0.25, 0.3) is 0 Å². The number of benzene rings is 1. The van der Waals surface area contributed by atoms with Crippen LogP contribution in [0, 0.1) is 0 Å². The van der Waals surface area contributed by atoms with Gasteiger partial charge in [-0.3, -0.25) is 4.79 Å². The second kappa shape index (κ2) is 5.54. The van der Waals surface area contributed by atoms with Crippen molar-refractivity contribution >= 4 is 39.1 Å². The highest BCUT2D eigenvalue weighted by Crippen LogP contribution is 2.25. The van der Waals surface area contributed by atoms with Gasteiger partial charge in [-0.1, -0.05) is 17.7 Å². The number of fused-ring (bicyclic) bond motifs is 1. The van der Waals surface area contributed by atoms with E-state index in [1.54, 1.807) is 12.3 Å². The summed E-state index contributed by atoms with van der Waals surface area (Å²) in [5.74, 6) is -0.165. The van der Waals surface area contributed by atoms with Crippen LogP contribution in [0.15, 0.2) is 34.9 Å². The van der Waals surface area contributed by atoms with E-state index < -0.39 is 0 Å². The third-order valence-electron chi connectivity index (χ3n) is 3.41.